The molecule has 0 unspecified atom stereocenters. The van der Waals surface area contributed by atoms with Crippen LogP contribution in [0.1, 0.15) is 31.0 Å². The molecule has 0 aliphatic heterocycles. The molecule has 0 radical (unpaired) electrons. The van der Waals surface area contributed by atoms with Crippen LogP contribution in [-0.4, -0.2) is 31.1 Å². The topological polar surface area (TPSA) is 68.0 Å². The smallest absolute Gasteiger partial charge is 0.223 e. The molecule has 0 saturated carbocycles. The van der Waals surface area contributed by atoms with Gasteiger partial charge in [0.15, 0.2) is 0 Å². The quantitative estimate of drug-likeness (QED) is 0.422. The van der Waals surface area contributed by atoms with Crippen molar-refractivity contribution in [2.75, 3.05) is 11.9 Å². The van der Waals surface area contributed by atoms with E-state index in [9.17, 15) is 0 Å². The average molecular weight is 409 g/mol. The molecule has 0 aliphatic carbocycles. The van der Waals surface area contributed by atoms with E-state index >= 15 is 0 Å². The molecule has 0 spiro atoms. The van der Waals surface area contributed by atoms with Gasteiger partial charge in [-0.1, -0.05) is 44.2 Å². The van der Waals surface area contributed by atoms with Crippen molar-refractivity contribution in [1.29, 1.82) is 0 Å². The third-order valence-electron chi connectivity index (χ3n) is 5.42. The summed E-state index contributed by atoms with van der Waals surface area (Å²) in [7, 11) is 0. The number of fused-ring (bicyclic) bond motifs is 2. The minimum atomic E-state index is 0.292. The summed E-state index contributed by atoms with van der Waals surface area (Å²) in [5, 5.41) is 9.32. The highest BCUT2D eigenvalue weighted by Crippen LogP contribution is 2.31. The van der Waals surface area contributed by atoms with Gasteiger partial charge in [0.2, 0.25) is 5.95 Å². The van der Waals surface area contributed by atoms with E-state index in [1.165, 1.54) is 5.56 Å². The molecule has 0 fully saturated rings. The van der Waals surface area contributed by atoms with Crippen LogP contribution < -0.4 is 5.32 Å². The standard InChI is InChI=1S/C25H24N6/c1-17(2)23-22(21-10-3-4-16-31(21)30-23)20-12-15-28-25(29-20)27-14-11-19-8-5-7-18-9-6-13-26-24(18)19/h3-10,12-13,15-17H,11,14H2,1-2H3,(H,27,28,29). The molecule has 0 bridgehead atoms. The fourth-order valence-corrected chi connectivity index (χ4v) is 3.94. The average Bonchev–Trinajstić information content (AvgIpc) is 3.20. The maximum Gasteiger partial charge on any atom is 0.223 e. The molecule has 5 aromatic rings. The van der Waals surface area contributed by atoms with Crippen molar-refractivity contribution in [3.8, 4) is 11.3 Å². The number of pyridine rings is 2. The third-order valence-corrected chi connectivity index (χ3v) is 5.42. The van der Waals surface area contributed by atoms with Crippen molar-refractivity contribution < 1.29 is 0 Å². The summed E-state index contributed by atoms with van der Waals surface area (Å²) in [6.07, 6.45) is 6.47. The Kier molecular flexibility index (Phi) is 5.04. The molecule has 4 heterocycles. The summed E-state index contributed by atoms with van der Waals surface area (Å²) in [4.78, 5) is 13.8. The first-order valence-electron chi connectivity index (χ1n) is 10.6. The fourth-order valence-electron chi connectivity index (χ4n) is 3.94. The minimum absolute atomic E-state index is 0.292. The highest BCUT2D eigenvalue weighted by Gasteiger charge is 2.18. The number of para-hydroxylation sites is 1. The predicted molar refractivity (Wildman–Crippen MR) is 124 cm³/mol. The van der Waals surface area contributed by atoms with Crippen molar-refractivity contribution in [3.05, 3.63) is 84.4 Å². The summed E-state index contributed by atoms with van der Waals surface area (Å²) in [5.41, 5.74) is 6.31. The van der Waals surface area contributed by atoms with Crippen LogP contribution in [0.2, 0.25) is 0 Å². The van der Waals surface area contributed by atoms with Crippen LogP contribution in [0.4, 0.5) is 5.95 Å². The molecule has 6 heteroatoms. The molecule has 1 aromatic carbocycles. The Morgan fingerprint density at radius 1 is 0.935 bits per heavy atom. The zero-order chi connectivity index (χ0) is 21.2. The summed E-state index contributed by atoms with van der Waals surface area (Å²) >= 11 is 0. The lowest BCUT2D eigenvalue weighted by molar-refractivity contribution is 0.789. The van der Waals surface area contributed by atoms with Gasteiger partial charge in [-0.05, 0) is 42.2 Å². The van der Waals surface area contributed by atoms with Crippen molar-refractivity contribution >= 4 is 22.4 Å². The second-order valence-corrected chi connectivity index (χ2v) is 7.88. The summed E-state index contributed by atoms with van der Waals surface area (Å²) in [6, 6.07) is 18.4. The molecule has 0 saturated heterocycles. The Balaban J connectivity index is 1.40. The Morgan fingerprint density at radius 2 is 1.84 bits per heavy atom. The maximum atomic E-state index is 4.81. The summed E-state index contributed by atoms with van der Waals surface area (Å²) in [5.74, 6) is 0.913. The largest absolute Gasteiger partial charge is 0.354 e. The summed E-state index contributed by atoms with van der Waals surface area (Å²) < 4.78 is 1.92. The zero-order valence-electron chi connectivity index (χ0n) is 17.7. The monoisotopic (exact) mass is 408 g/mol. The van der Waals surface area contributed by atoms with Gasteiger partial charge in [0.25, 0.3) is 0 Å². The lowest BCUT2D eigenvalue weighted by atomic mass is 10.0. The molecule has 154 valence electrons. The van der Waals surface area contributed by atoms with Gasteiger partial charge in [0.05, 0.1) is 22.4 Å². The van der Waals surface area contributed by atoms with Gasteiger partial charge < -0.3 is 5.32 Å². The van der Waals surface area contributed by atoms with E-state index in [2.05, 4.69) is 59.5 Å². The SMILES string of the molecule is CC(C)c1nn2ccccc2c1-c1ccnc(NCCc2cccc3cccnc23)n1. The Bertz CT molecular complexity index is 1350. The van der Waals surface area contributed by atoms with Crippen LogP contribution in [0.5, 0.6) is 0 Å². The molecule has 0 atom stereocenters. The van der Waals surface area contributed by atoms with Gasteiger partial charge >= 0.3 is 0 Å². The van der Waals surface area contributed by atoms with E-state index in [1.807, 2.05) is 41.2 Å². The molecular weight excluding hydrogens is 384 g/mol. The van der Waals surface area contributed by atoms with Crippen LogP contribution in [0.25, 0.3) is 27.7 Å². The first-order valence-corrected chi connectivity index (χ1v) is 10.6. The highest BCUT2D eigenvalue weighted by molar-refractivity contribution is 5.82. The van der Waals surface area contributed by atoms with Crippen LogP contribution >= 0.6 is 0 Å². The zero-order valence-corrected chi connectivity index (χ0v) is 17.7. The van der Waals surface area contributed by atoms with E-state index in [0.29, 0.717) is 11.9 Å². The molecule has 1 N–H and O–H groups in total. The van der Waals surface area contributed by atoms with E-state index in [0.717, 1.165) is 46.3 Å². The van der Waals surface area contributed by atoms with Gasteiger partial charge in [-0.3, -0.25) is 4.98 Å². The van der Waals surface area contributed by atoms with Crippen molar-refractivity contribution in [2.45, 2.75) is 26.2 Å². The number of hydrogen-bond donors (Lipinski definition) is 1. The molecule has 6 nitrogen and oxygen atoms in total. The predicted octanol–water partition coefficient (Wildman–Crippen LogP) is 5.12. The van der Waals surface area contributed by atoms with Crippen molar-refractivity contribution in [2.24, 2.45) is 0 Å². The third kappa shape index (κ3) is 3.72. The Hall–Kier alpha value is -3.80. The number of hydrogen-bond acceptors (Lipinski definition) is 5. The second kappa shape index (κ2) is 8.14. The Labute approximate surface area is 181 Å². The first-order chi connectivity index (χ1) is 15.2. The van der Waals surface area contributed by atoms with Crippen molar-refractivity contribution in [3.63, 3.8) is 0 Å². The van der Waals surface area contributed by atoms with Gasteiger partial charge in [-0.25, -0.2) is 14.5 Å². The lowest BCUT2D eigenvalue weighted by Crippen LogP contribution is -2.08. The second-order valence-electron chi connectivity index (χ2n) is 7.88. The fraction of sp³-hybridized carbons (Fsp3) is 0.200. The summed E-state index contributed by atoms with van der Waals surface area (Å²) in [6.45, 7) is 5.04. The van der Waals surface area contributed by atoms with E-state index < -0.39 is 0 Å². The van der Waals surface area contributed by atoms with Crippen LogP contribution in [0.3, 0.4) is 0 Å². The maximum absolute atomic E-state index is 4.81. The van der Waals surface area contributed by atoms with E-state index in [1.54, 1.807) is 6.20 Å². The van der Waals surface area contributed by atoms with Crippen LogP contribution in [0.15, 0.2) is 73.2 Å². The number of aromatic nitrogens is 5. The van der Waals surface area contributed by atoms with E-state index in [4.69, 9.17) is 10.1 Å². The number of rotatable bonds is 6. The van der Waals surface area contributed by atoms with E-state index in [-0.39, 0.29) is 0 Å². The molecule has 0 amide bonds. The van der Waals surface area contributed by atoms with Gasteiger partial charge in [-0.15, -0.1) is 0 Å². The Morgan fingerprint density at radius 3 is 2.74 bits per heavy atom. The van der Waals surface area contributed by atoms with Gasteiger partial charge in [-0.2, -0.15) is 5.10 Å². The number of nitrogens with one attached hydrogen (secondary N) is 1. The van der Waals surface area contributed by atoms with Crippen LogP contribution in [-0.2, 0) is 6.42 Å². The molecule has 5 rings (SSSR count). The number of anilines is 1. The lowest BCUT2D eigenvalue weighted by Gasteiger charge is -2.09. The highest BCUT2D eigenvalue weighted by atomic mass is 15.2. The van der Waals surface area contributed by atoms with Gasteiger partial charge in [0.1, 0.15) is 0 Å². The molecular formula is C25H24N6. The number of benzene rings is 1. The van der Waals surface area contributed by atoms with Crippen molar-refractivity contribution in [1.82, 2.24) is 24.6 Å². The molecule has 4 aromatic heterocycles. The van der Waals surface area contributed by atoms with Gasteiger partial charge in [0, 0.05) is 36.1 Å². The molecule has 0 aliphatic rings. The normalized spacial score (nSPS) is 11.5. The minimum Gasteiger partial charge on any atom is -0.354 e. The molecule has 31 heavy (non-hydrogen) atoms. The van der Waals surface area contributed by atoms with Crippen LogP contribution in [0, 0.1) is 0 Å². The first kappa shape index (κ1) is 19.2. The number of nitrogens with zero attached hydrogens (tertiary/aromatic N) is 5.